The molecule has 4 rings (SSSR count). The molecule has 0 aliphatic carbocycles. The third-order valence-corrected chi connectivity index (χ3v) is 9.48. The minimum Gasteiger partial charge on any atom is -0.387 e. The van der Waals surface area contributed by atoms with Crippen LogP contribution in [0.25, 0.3) is 11.2 Å². The van der Waals surface area contributed by atoms with Crippen molar-refractivity contribution in [3.63, 3.8) is 0 Å². The van der Waals surface area contributed by atoms with E-state index in [2.05, 4.69) is 25.6 Å². The van der Waals surface area contributed by atoms with Gasteiger partial charge in [-0.3, -0.25) is 9.13 Å². The third-order valence-electron chi connectivity index (χ3n) is 5.37. The molecule has 6 N–H and O–H groups in total. The van der Waals surface area contributed by atoms with E-state index in [9.17, 15) is 24.2 Å². The minimum atomic E-state index is -4.87. The van der Waals surface area contributed by atoms with Gasteiger partial charge in [0, 0.05) is 11.6 Å². The molecule has 202 valence electrons. The lowest BCUT2D eigenvalue weighted by atomic mass is 10.1. The highest BCUT2D eigenvalue weighted by Gasteiger charge is 2.49. The summed E-state index contributed by atoms with van der Waals surface area (Å²) in [5.74, 6) is -1.22. The molecule has 0 amide bonds. The number of aliphatic hydroxyl groups excluding tert-OH is 2. The smallest absolute Gasteiger partial charge is 0.340 e. The van der Waals surface area contributed by atoms with Crippen LogP contribution in [-0.2, 0) is 24.9 Å². The van der Waals surface area contributed by atoms with Crippen LogP contribution in [0.3, 0.4) is 0 Å². The molecule has 6 atom stereocenters. The maximum Gasteiger partial charge on any atom is 0.340 e. The molecule has 0 radical (unpaired) electrons. The molecule has 1 aliphatic rings. The number of nitrogens with zero attached hydrogens (tertiary/aromatic N) is 5. The minimum absolute atomic E-state index is 0.0430. The first-order valence-corrected chi connectivity index (χ1v) is 14.9. The van der Waals surface area contributed by atoms with Gasteiger partial charge < -0.3 is 39.5 Å². The number of rotatable bonds is 9. The quantitative estimate of drug-likeness (QED) is 0.152. The van der Waals surface area contributed by atoms with Crippen molar-refractivity contribution in [2.75, 3.05) is 11.2 Å². The molecule has 0 bridgehead atoms. The Morgan fingerprint density at radius 3 is 2.54 bits per heavy atom. The van der Waals surface area contributed by atoms with Gasteiger partial charge in [0.2, 0.25) is 5.28 Å². The van der Waals surface area contributed by atoms with Crippen LogP contribution in [0.2, 0.25) is 10.3 Å². The van der Waals surface area contributed by atoms with E-state index in [0.717, 1.165) is 10.2 Å². The van der Waals surface area contributed by atoms with E-state index in [-0.39, 0.29) is 28.8 Å². The van der Waals surface area contributed by atoms with Gasteiger partial charge in [0.15, 0.2) is 29.1 Å². The Bertz CT molecular complexity index is 1390. The van der Waals surface area contributed by atoms with Crippen LogP contribution in [-0.4, -0.2) is 80.2 Å². The molecule has 1 unspecified atom stereocenters. The Labute approximate surface area is 219 Å². The number of anilines is 1. The van der Waals surface area contributed by atoms with Gasteiger partial charge in [-0.25, -0.2) is 0 Å². The standard InChI is InChI=1S/C18H22Cl2N6O9P2/c1-8(35-37(32,33)7-36(29,30)31)14-12(27)13(28)17(34-14)26-16-11(24-25-26)15(22-18(20)23-16)21-6-9-4-2-3-5-10(9)19/h2-5,8,12-14,17,27-28H,6-7H2,1H3,(H,32,33)(H,21,22,23)(H2,29,30,31)/t8-,12-,13+,14+,17+/m0/s1. The fourth-order valence-corrected chi connectivity index (χ4v) is 6.92. The molecular formula is C18H22Cl2N6O9P2. The molecule has 1 saturated heterocycles. The first kappa shape index (κ1) is 28.3. The van der Waals surface area contributed by atoms with Crippen molar-refractivity contribution in [3.05, 3.63) is 40.1 Å². The van der Waals surface area contributed by atoms with Gasteiger partial charge in [0.05, 0.1) is 6.10 Å². The summed E-state index contributed by atoms with van der Waals surface area (Å²) in [6.07, 6.45) is -7.37. The summed E-state index contributed by atoms with van der Waals surface area (Å²) in [6, 6.07) is 7.14. The number of nitrogens with one attached hydrogen (secondary N) is 1. The maximum atomic E-state index is 12.1. The lowest BCUT2D eigenvalue weighted by Gasteiger charge is -2.24. The number of benzene rings is 1. The third kappa shape index (κ3) is 6.47. The van der Waals surface area contributed by atoms with Crippen LogP contribution in [0, 0.1) is 0 Å². The number of halogens is 2. The summed E-state index contributed by atoms with van der Waals surface area (Å²) in [7, 11) is -9.64. The topological polar surface area (TPSA) is 222 Å². The number of aliphatic hydroxyl groups is 2. The van der Waals surface area contributed by atoms with Gasteiger partial charge in [-0.05, 0) is 30.2 Å². The Balaban J connectivity index is 1.56. The summed E-state index contributed by atoms with van der Waals surface area (Å²) in [4.78, 5) is 36.0. The Hall–Kier alpha value is -1.74. The highest BCUT2D eigenvalue weighted by Crippen LogP contribution is 2.56. The second-order valence-electron chi connectivity index (χ2n) is 8.22. The van der Waals surface area contributed by atoms with Crippen molar-refractivity contribution >= 4 is 55.4 Å². The number of aromatic nitrogens is 5. The second kappa shape index (κ2) is 10.8. The molecule has 0 saturated carbocycles. The number of hydrogen-bond acceptors (Lipinski definition) is 11. The molecule has 1 aliphatic heterocycles. The first-order chi connectivity index (χ1) is 17.3. The first-order valence-electron chi connectivity index (χ1n) is 10.6. The molecule has 1 aromatic carbocycles. The predicted octanol–water partition coefficient (Wildman–Crippen LogP) is 1.49. The molecule has 15 nitrogen and oxygen atoms in total. The number of hydrogen-bond donors (Lipinski definition) is 6. The summed E-state index contributed by atoms with van der Waals surface area (Å²) >= 11 is 12.3. The highest BCUT2D eigenvalue weighted by molar-refractivity contribution is 7.70. The van der Waals surface area contributed by atoms with Crippen LogP contribution in [0.5, 0.6) is 0 Å². The Kier molecular flexibility index (Phi) is 8.25. The zero-order valence-corrected chi connectivity index (χ0v) is 22.2. The maximum absolute atomic E-state index is 12.1. The zero-order chi connectivity index (χ0) is 27.1. The largest absolute Gasteiger partial charge is 0.387 e. The van der Waals surface area contributed by atoms with Gasteiger partial charge in [-0.15, -0.1) is 5.10 Å². The highest BCUT2D eigenvalue weighted by atomic mass is 35.5. The molecule has 3 aromatic rings. The molecule has 19 heteroatoms. The van der Waals surface area contributed by atoms with E-state index >= 15 is 0 Å². The molecule has 2 aromatic heterocycles. The van der Waals surface area contributed by atoms with E-state index < -0.39 is 51.7 Å². The fraction of sp³-hybridized carbons (Fsp3) is 0.444. The van der Waals surface area contributed by atoms with Crippen molar-refractivity contribution in [3.8, 4) is 0 Å². The molecular weight excluding hydrogens is 577 g/mol. The summed E-state index contributed by atoms with van der Waals surface area (Å²) < 4.78 is 34.8. The SMILES string of the molecule is C[C@H](OP(=O)(O)CP(=O)(O)O)[C@H]1O[C@@H](n2nnc3c(NCc4ccccc4Cl)nc(Cl)nc32)[C@H](O)[C@@H]1O. The van der Waals surface area contributed by atoms with Crippen molar-refractivity contribution in [1.82, 2.24) is 25.0 Å². The molecule has 0 spiro atoms. The van der Waals surface area contributed by atoms with E-state index in [1.165, 1.54) is 6.92 Å². The van der Waals surface area contributed by atoms with Crippen LogP contribution in [0.4, 0.5) is 5.82 Å². The lowest BCUT2D eigenvalue weighted by molar-refractivity contribution is -0.0770. The summed E-state index contributed by atoms with van der Waals surface area (Å²) in [5.41, 5.74) is 0.978. The van der Waals surface area contributed by atoms with E-state index in [4.69, 9.17) is 42.2 Å². The zero-order valence-electron chi connectivity index (χ0n) is 18.9. The van der Waals surface area contributed by atoms with Gasteiger partial charge in [-0.1, -0.05) is 35.0 Å². The monoisotopic (exact) mass is 598 g/mol. The Morgan fingerprint density at radius 2 is 1.86 bits per heavy atom. The molecule has 1 fully saturated rings. The van der Waals surface area contributed by atoms with E-state index in [1.54, 1.807) is 12.1 Å². The van der Waals surface area contributed by atoms with Crippen molar-refractivity contribution in [2.45, 2.75) is 44.1 Å². The average Bonchev–Trinajstić information content (AvgIpc) is 3.32. The van der Waals surface area contributed by atoms with Crippen LogP contribution >= 0.6 is 38.4 Å². The average molecular weight is 599 g/mol. The van der Waals surface area contributed by atoms with Crippen LogP contribution in [0.1, 0.15) is 18.7 Å². The number of fused-ring (bicyclic) bond motifs is 1. The van der Waals surface area contributed by atoms with Gasteiger partial charge >= 0.3 is 15.2 Å². The summed E-state index contributed by atoms with van der Waals surface area (Å²) in [5, 5.41) is 32.5. The van der Waals surface area contributed by atoms with Crippen molar-refractivity contribution < 1.29 is 43.3 Å². The predicted molar refractivity (Wildman–Crippen MR) is 130 cm³/mol. The lowest BCUT2D eigenvalue weighted by Crippen LogP contribution is -2.38. The van der Waals surface area contributed by atoms with Gasteiger partial charge in [-0.2, -0.15) is 14.6 Å². The van der Waals surface area contributed by atoms with Crippen LogP contribution < -0.4 is 5.32 Å². The van der Waals surface area contributed by atoms with Crippen molar-refractivity contribution in [2.24, 2.45) is 0 Å². The normalized spacial score (nSPS) is 24.8. The summed E-state index contributed by atoms with van der Waals surface area (Å²) in [6.45, 7) is 1.50. The molecule has 37 heavy (non-hydrogen) atoms. The van der Waals surface area contributed by atoms with Gasteiger partial charge in [0.25, 0.3) is 0 Å². The van der Waals surface area contributed by atoms with Crippen LogP contribution in [0.15, 0.2) is 24.3 Å². The fourth-order valence-electron chi connectivity index (χ4n) is 3.78. The van der Waals surface area contributed by atoms with E-state index in [0.29, 0.717) is 5.02 Å². The van der Waals surface area contributed by atoms with Gasteiger partial charge in [0.1, 0.15) is 18.3 Å². The van der Waals surface area contributed by atoms with E-state index in [1.807, 2.05) is 12.1 Å². The number of ether oxygens (including phenoxy) is 1. The molecule has 3 heterocycles. The second-order valence-corrected chi connectivity index (χ2v) is 12.9. The van der Waals surface area contributed by atoms with Crippen molar-refractivity contribution in [1.29, 1.82) is 0 Å². The Morgan fingerprint density at radius 1 is 1.16 bits per heavy atom.